The molecule has 0 saturated carbocycles. The SMILES string of the molecule is CCN(CC)CCO/N=C(\CCCc1ccccc1)c1ccc(Cl)cc1. The fraction of sp³-hybridized carbons (Fsp3) is 0.409. The zero-order chi connectivity index (χ0) is 18.6. The normalized spacial score (nSPS) is 11.8. The van der Waals surface area contributed by atoms with E-state index in [9.17, 15) is 0 Å². The van der Waals surface area contributed by atoms with Crippen LogP contribution in [-0.4, -0.2) is 36.9 Å². The molecular formula is C22H29ClN2O. The van der Waals surface area contributed by atoms with Crippen molar-refractivity contribution in [2.24, 2.45) is 5.16 Å². The second-order valence-corrected chi connectivity index (χ2v) is 6.68. The van der Waals surface area contributed by atoms with Gasteiger partial charge >= 0.3 is 0 Å². The van der Waals surface area contributed by atoms with Gasteiger partial charge in [-0.1, -0.05) is 73.1 Å². The van der Waals surface area contributed by atoms with Crippen molar-refractivity contribution in [3.05, 3.63) is 70.7 Å². The number of nitrogens with zero attached hydrogens (tertiary/aromatic N) is 2. The van der Waals surface area contributed by atoms with E-state index in [1.54, 1.807) is 0 Å². The van der Waals surface area contributed by atoms with Crippen molar-refractivity contribution < 1.29 is 4.84 Å². The van der Waals surface area contributed by atoms with Crippen LogP contribution in [0.25, 0.3) is 0 Å². The van der Waals surface area contributed by atoms with Gasteiger partial charge in [0, 0.05) is 11.6 Å². The highest BCUT2D eigenvalue weighted by atomic mass is 35.5. The molecule has 0 unspecified atom stereocenters. The topological polar surface area (TPSA) is 24.8 Å². The molecule has 0 radical (unpaired) electrons. The molecule has 0 amide bonds. The summed E-state index contributed by atoms with van der Waals surface area (Å²) < 4.78 is 0. The molecule has 0 spiro atoms. The monoisotopic (exact) mass is 372 g/mol. The van der Waals surface area contributed by atoms with Crippen molar-refractivity contribution in [2.75, 3.05) is 26.2 Å². The average molecular weight is 373 g/mol. The molecule has 2 aromatic rings. The van der Waals surface area contributed by atoms with E-state index < -0.39 is 0 Å². The van der Waals surface area contributed by atoms with Gasteiger partial charge in [0.1, 0.15) is 6.61 Å². The highest BCUT2D eigenvalue weighted by molar-refractivity contribution is 6.30. The van der Waals surface area contributed by atoms with Gasteiger partial charge in [0.05, 0.1) is 5.71 Å². The van der Waals surface area contributed by atoms with Crippen LogP contribution in [0.3, 0.4) is 0 Å². The second kappa shape index (κ2) is 11.7. The van der Waals surface area contributed by atoms with Crippen LogP contribution in [0.1, 0.15) is 37.8 Å². The molecule has 0 N–H and O–H groups in total. The maximum Gasteiger partial charge on any atom is 0.129 e. The molecule has 0 aliphatic rings. The largest absolute Gasteiger partial charge is 0.394 e. The molecule has 0 aliphatic carbocycles. The lowest BCUT2D eigenvalue weighted by Crippen LogP contribution is -2.26. The van der Waals surface area contributed by atoms with E-state index in [0.717, 1.165) is 55.2 Å². The Morgan fingerprint density at radius 3 is 2.35 bits per heavy atom. The molecule has 0 aliphatic heterocycles. The third-order valence-electron chi connectivity index (χ3n) is 4.47. The lowest BCUT2D eigenvalue weighted by Gasteiger charge is -2.16. The van der Waals surface area contributed by atoms with Crippen LogP contribution in [0, 0.1) is 0 Å². The lowest BCUT2D eigenvalue weighted by atomic mass is 10.0. The molecule has 140 valence electrons. The number of halogens is 1. The molecule has 0 saturated heterocycles. The molecule has 3 nitrogen and oxygen atoms in total. The predicted octanol–water partition coefficient (Wildman–Crippen LogP) is 5.43. The average Bonchev–Trinajstić information content (AvgIpc) is 2.68. The van der Waals surface area contributed by atoms with Crippen LogP contribution in [0.4, 0.5) is 0 Å². The fourth-order valence-electron chi connectivity index (χ4n) is 2.82. The van der Waals surface area contributed by atoms with Crippen LogP contribution in [-0.2, 0) is 11.3 Å². The minimum atomic E-state index is 0.609. The lowest BCUT2D eigenvalue weighted by molar-refractivity contribution is 0.114. The third kappa shape index (κ3) is 7.19. The van der Waals surface area contributed by atoms with Crippen LogP contribution in [0.2, 0.25) is 5.02 Å². The molecule has 4 heteroatoms. The molecule has 0 aromatic heterocycles. The van der Waals surface area contributed by atoms with Gasteiger partial charge in [-0.05, 0) is 55.6 Å². The van der Waals surface area contributed by atoms with Crippen molar-refractivity contribution >= 4 is 17.3 Å². The molecule has 0 atom stereocenters. The smallest absolute Gasteiger partial charge is 0.129 e. The van der Waals surface area contributed by atoms with Gasteiger partial charge in [0.15, 0.2) is 0 Å². The Morgan fingerprint density at radius 2 is 1.69 bits per heavy atom. The van der Waals surface area contributed by atoms with E-state index >= 15 is 0 Å². The summed E-state index contributed by atoms with van der Waals surface area (Å²) in [6.07, 6.45) is 2.94. The van der Waals surface area contributed by atoms with E-state index in [4.69, 9.17) is 16.4 Å². The van der Waals surface area contributed by atoms with E-state index in [2.05, 4.69) is 48.2 Å². The summed E-state index contributed by atoms with van der Waals surface area (Å²) in [6, 6.07) is 18.4. The number of hydrogen-bond acceptors (Lipinski definition) is 3. The summed E-state index contributed by atoms with van der Waals surface area (Å²) in [6.45, 7) is 7.90. The minimum Gasteiger partial charge on any atom is -0.394 e. The maximum absolute atomic E-state index is 6.02. The summed E-state index contributed by atoms with van der Waals surface area (Å²) in [4.78, 5) is 7.96. The summed E-state index contributed by atoms with van der Waals surface area (Å²) in [5.74, 6) is 0. The third-order valence-corrected chi connectivity index (χ3v) is 4.72. The van der Waals surface area contributed by atoms with E-state index in [1.165, 1.54) is 5.56 Å². The first-order valence-corrected chi connectivity index (χ1v) is 9.81. The predicted molar refractivity (Wildman–Crippen MR) is 111 cm³/mol. The Labute approximate surface area is 162 Å². The summed E-state index contributed by atoms with van der Waals surface area (Å²) in [7, 11) is 0. The van der Waals surface area contributed by atoms with E-state index in [1.807, 2.05) is 30.3 Å². The molecule has 2 aromatic carbocycles. The maximum atomic E-state index is 6.02. The Kier molecular flexibility index (Phi) is 9.22. The van der Waals surface area contributed by atoms with E-state index in [0.29, 0.717) is 6.61 Å². The second-order valence-electron chi connectivity index (χ2n) is 6.24. The number of benzene rings is 2. The highest BCUT2D eigenvalue weighted by Gasteiger charge is 2.06. The number of oxime groups is 1. The van der Waals surface area contributed by atoms with Crippen molar-refractivity contribution in [1.82, 2.24) is 4.90 Å². The first-order valence-electron chi connectivity index (χ1n) is 9.44. The van der Waals surface area contributed by atoms with Gasteiger partial charge in [0.2, 0.25) is 0 Å². The van der Waals surface area contributed by atoms with Crippen molar-refractivity contribution in [1.29, 1.82) is 0 Å². The van der Waals surface area contributed by atoms with Crippen molar-refractivity contribution in [3.8, 4) is 0 Å². The van der Waals surface area contributed by atoms with Gasteiger partial charge in [-0.25, -0.2) is 0 Å². The first-order chi connectivity index (χ1) is 12.7. The Morgan fingerprint density at radius 1 is 1.00 bits per heavy atom. The Hall–Kier alpha value is -1.84. The minimum absolute atomic E-state index is 0.609. The summed E-state index contributed by atoms with van der Waals surface area (Å²) in [5.41, 5.74) is 3.41. The van der Waals surface area contributed by atoms with Gasteiger partial charge in [-0.3, -0.25) is 0 Å². The molecule has 0 heterocycles. The summed E-state index contributed by atoms with van der Waals surface area (Å²) in [5, 5.41) is 5.18. The number of hydrogen-bond donors (Lipinski definition) is 0. The van der Waals surface area contributed by atoms with Crippen molar-refractivity contribution in [3.63, 3.8) is 0 Å². The van der Waals surface area contributed by atoms with Gasteiger partial charge in [0.25, 0.3) is 0 Å². The van der Waals surface area contributed by atoms with Crippen LogP contribution in [0.15, 0.2) is 59.8 Å². The first kappa shape index (κ1) is 20.5. The van der Waals surface area contributed by atoms with E-state index in [-0.39, 0.29) is 0 Å². The molecule has 26 heavy (non-hydrogen) atoms. The highest BCUT2D eigenvalue weighted by Crippen LogP contribution is 2.14. The van der Waals surface area contributed by atoms with Gasteiger partial charge in [-0.15, -0.1) is 0 Å². The molecule has 2 rings (SSSR count). The number of rotatable bonds is 11. The summed E-state index contributed by atoms with van der Waals surface area (Å²) >= 11 is 6.02. The Bertz CT molecular complexity index is 652. The van der Waals surface area contributed by atoms with Gasteiger partial charge < -0.3 is 9.74 Å². The standard InChI is InChI=1S/C22H29ClN2O/c1-3-25(4-2)17-18-26-24-22(20-13-15-21(23)16-14-20)12-8-11-19-9-6-5-7-10-19/h5-7,9-10,13-16H,3-4,8,11-12,17-18H2,1-2H3/b24-22+. The van der Waals surface area contributed by atoms with Crippen molar-refractivity contribution in [2.45, 2.75) is 33.1 Å². The van der Waals surface area contributed by atoms with Crippen LogP contribution >= 0.6 is 11.6 Å². The number of aryl methyl sites for hydroxylation is 1. The number of likely N-dealkylation sites (N-methyl/N-ethyl adjacent to an activating group) is 1. The fourth-order valence-corrected chi connectivity index (χ4v) is 2.95. The molecule has 0 bridgehead atoms. The molecular weight excluding hydrogens is 344 g/mol. The van der Waals surface area contributed by atoms with Crippen LogP contribution in [0.5, 0.6) is 0 Å². The zero-order valence-corrected chi connectivity index (χ0v) is 16.6. The van der Waals surface area contributed by atoms with Gasteiger partial charge in [-0.2, -0.15) is 0 Å². The Balaban J connectivity index is 1.94. The van der Waals surface area contributed by atoms with Crippen LogP contribution < -0.4 is 0 Å². The molecule has 0 fully saturated rings. The zero-order valence-electron chi connectivity index (χ0n) is 15.8. The quantitative estimate of drug-likeness (QED) is 0.298.